The summed E-state index contributed by atoms with van der Waals surface area (Å²) < 4.78 is 5.23. The number of hydrogen-bond acceptors (Lipinski definition) is 3. The fraction of sp³-hybridized carbons (Fsp3) is 0.250. The van der Waals surface area contributed by atoms with Gasteiger partial charge < -0.3 is 15.6 Å². The maximum absolute atomic E-state index is 9.10. The van der Waals surface area contributed by atoms with Crippen LogP contribution in [0.3, 0.4) is 0 Å². The Bertz CT molecular complexity index is 285. The van der Waals surface area contributed by atoms with Gasteiger partial charge in [-0.2, -0.15) is 0 Å². The summed E-state index contributed by atoms with van der Waals surface area (Å²) in [6.07, 6.45) is 0. The Balaban J connectivity index is 2.52. The van der Waals surface area contributed by atoms with Crippen LogP contribution in [0, 0.1) is 0 Å². The minimum atomic E-state index is -0.0860. The van der Waals surface area contributed by atoms with Crippen molar-refractivity contribution in [1.82, 2.24) is 0 Å². The molecule has 0 amide bonds. The molecule has 11 heavy (non-hydrogen) atoms. The lowest BCUT2D eigenvalue weighted by Gasteiger charge is -1.99. The monoisotopic (exact) mass is 151 g/mol. The number of ether oxygens (including phenoxy) is 1. The summed E-state index contributed by atoms with van der Waals surface area (Å²) in [5, 5.41) is 9.10. The number of phenolic OH excluding ortho intramolecular Hbond substituents is 1. The van der Waals surface area contributed by atoms with Crippen LogP contribution in [-0.4, -0.2) is 11.7 Å². The van der Waals surface area contributed by atoms with Gasteiger partial charge in [0, 0.05) is 5.56 Å². The third-order valence-electron chi connectivity index (χ3n) is 1.81. The highest BCUT2D eigenvalue weighted by Crippen LogP contribution is 2.32. The molecule has 0 saturated carbocycles. The van der Waals surface area contributed by atoms with E-state index < -0.39 is 0 Å². The smallest absolute Gasteiger partial charge is 0.124 e. The first-order valence-corrected chi connectivity index (χ1v) is 3.48. The number of benzene rings is 1. The summed E-state index contributed by atoms with van der Waals surface area (Å²) in [5.74, 6) is 1.03. The van der Waals surface area contributed by atoms with E-state index in [1.165, 1.54) is 0 Å². The molecule has 0 spiro atoms. The van der Waals surface area contributed by atoms with Gasteiger partial charge in [-0.15, -0.1) is 0 Å². The zero-order chi connectivity index (χ0) is 7.84. The summed E-state index contributed by atoms with van der Waals surface area (Å²) in [7, 11) is 0. The van der Waals surface area contributed by atoms with E-state index in [0.717, 1.165) is 11.3 Å². The molecule has 1 heterocycles. The predicted molar refractivity (Wildman–Crippen MR) is 40.5 cm³/mol. The molecular formula is C8H9NO2. The van der Waals surface area contributed by atoms with Gasteiger partial charge in [0.25, 0.3) is 0 Å². The van der Waals surface area contributed by atoms with Crippen LogP contribution in [0.1, 0.15) is 11.6 Å². The lowest BCUT2D eigenvalue weighted by Crippen LogP contribution is -2.10. The van der Waals surface area contributed by atoms with Crippen molar-refractivity contribution < 1.29 is 9.84 Å². The minimum Gasteiger partial charge on any atom is -0.508 e. The third-order valence-corrected chi connectivity index (χ3v) is 1.81. The quantitative estimate of drug-likeness (QED) is 0.576. The molecule has 58 valence electrons. The minimum absolute atomic E-state index is 0.0860. The highest BCUT2D eigenvalue weighted by molar-refractivity contribution is 5.43. The number of fused-ring (bicyclic) bond motifs is 1. The van der Waals surface area contributed by atoms with Crippen molar-refractivity contribution in [3.8, 4) is 11.5 Å². The Hall–Kier alpha value is -1.22. The topological polar surface area (TPSA) is 55.5 Å². The van der Waals surface area contributed by atoms with Gasteiger partial charge in [-0.05, 0) is 18.2 Å². The van der Waals surface area contributed by atoms with E-state index in [2.05, 4.69) is 0 Å². The Morgan fingerprint density at radius 2 is 2.36 bits per heavy atom. The molecule has 0 fully saturated rings. The van der Waals surface area contributed by atoms with E-state index in [1.807, 2.05) is 0 Å². The first-order valence-electron chi connectivity index (χ1n) is 3.48. The Labute approximate surface area is 64.4 Å². The number of rotatable bonds is 0. The van der Waals surface area contributed by atoms with Crippen LogP contribution in [0.15, 0.2) is 18.2 Å². The standard InChI is InChI=1S/C8H9NO2/c9-7-4-11-8-2-1-5(10)3-6(7)8/h1-3,7,10H,4,9H2/t7-/m0/s1. The number of hydrogen-bond donors (Lipinski definition) is 2. The van der Waals surface area contributed by atoms with Crippen LogP contribution in [0.5, 0.6) is 11.5 Å². The molecule has 1 aliphatic rings. The fourth-order valence-corrected chi connectivity index (χ4v) is 1.23. The zero-order valence-electron chi connectivity index (χ0n) is 5.95. The van der Waals surface area contributed by atoms with Gasteiger partial charge in [0.05, 0.1) is 6.04 Å². The normalized spacial score (nSPS) is 21.0. The third kappa shape index (κ3) is 0.935. The number of aromatic hydroxyl groups is 1. The lowest BCUT2D eigenvalue weighted by molar-refractivity contribution is 0.333. The average Bonchev–Trinajstić information content (AvgIpc) is 2.33. The molecular weight excluding hydrogens is 142 g/mol. The van der Waals surface area contributed by atoms with Gasteiger partial charge in [0.15, 0.2) is 0 Å². The van der Waals surface area contributed by atoms with Crippen molar-refractivity contribution in [3.05, 3.63) is 23.8 Å². The molecule has 0 unspecified atom stereocenters. The SMILES string of the molecule is N[C@H]1COc2ccc(O)cc21. The predicted octanol–water partition coefficient (Wildman–Crippen LogP) is 0.784. The van der Waals surface area contributed by atoms with Gasteiger partial charge in [0.1, 0.15) is 18.1 Å². The van der Waals surface area contributed by atoms with Crippen LogP contribution in [-0.2, 0) is 0 Å². The fourth-order valence-electron chi connectivity index (χ4n) is 1.23. The Kier molecular flexibility index (Phi) is 1.26. The molecule has 2 rings (SSSR count). The molecule has 1 aromatic carbocycles. The molecule has 1 atom stereocenters. The van der Waals surface area contributed by atoms with Crippen molar-refractivity contribution in [2.24, 2.45) is 5.73 Å². The number of nitrogens with two attached hydrogens (primary N) is 1. The molecule has 0 radical (unpaired) electrons. The second kappa shape index (κ2) is 2.13. The van der Waals surface area contributed by atoms with Gasteiger partial charge in [-0.3, -0.25) is 0 Å². The summed E-state index contributed by atoms with van der Waals surface area (Å²) in [6.45, 7) is 0.513. The highest BCUT2D eigenvalue weighted by Gasteiger charge is 2.20. The zero-order valence-corrected chi connectivity index (χ0v) is 5.95. The van der Waals surface area contributed by atoms with E-state index >= 15 is 0 Å². The van der Waals surface area contributed by atoms with Crippen LogP contribution < -0.4 is 10.5 Å². The van der Waals surface area contributed by atoms with Gasteiger partial charge in [-0.25, -0.2) is 0 Å². The molecule has 3 nitrogen and oxygen atoms in total. The van der Waals surface area contributed by atoms with Crippen LogP contribution in [0.4, 0.5) is 0 Å². The average molecular weight is 151 g/mol. The Morgan fingerprint density at radius 1 is 1.55 bits per heavy atom. The van der Waals surface area contributed by atoms with Gasteiger partial charge in [-0.1, -0.05) is 0 Å². The lowest BCUT2D eigenvalue weighted by atomic mass is 10.1. The van der Waals surface area contributed by atoms with Crippen molar-refractivity contribution in [1.29, 1.82) is 0 Å². The molecule has 0 aliphatic carbocycles. The van der Waals surface area contributed by atoms with Crippen molar-refractivity contribution in [2.45, 2.75) is 6.04 Å². The molecule has 0 saturated heterocycles. The summed E-state index contributed by atoms with van der Waals surface area (Å²) in [5.41, 5.74) is 6.57. The van der Waals surface area contributed by atoms with Crippen LogP contribution in [0.2, 0.25) is 0 Å². The molecule has 0 aromatic heterocycles. The molecule has 1 aromatic rings. The van der Waals surface area contributed by atoms with E-state index in [0.29, 0.717) is 6.61 Å². The van der Waals surface area contributed by atoms with Gasteiger partial charge >= 0.3 is 0 Å². The summed E-state index contributed by atoms with van der Waals surface area (Å²) >= 11 is 0. The maximum atomic E-state index is 9.10. The molecule has 3 heteroatoms. The summed E-state index contributed by atoms with van der Waals surface area (Å²) in [6, 6.07) is 4.89. The second-order valence-electron chi connectivity index (χ2n) is 2.64. The highest BCUT2D eigenvalue weighted by atomic mass is 16.5. The first kappa shape index (κ1) is 6.49. The van der Waals surface area contributed by atoms with Crippen molar-refractivity contribution >= 4 is 0 Å². The largest absolute Gasteiger partial charge is 0.508 e. The maximum Gasteiger partial charge on any atom is 0.124 e. The van der Waals surface area contributed by atoms with Crippen LogP contribution >= 0.6 is 0 Å². The second-order valence-corrected chi connectivity index (χ2v) is 2.64. The van der Waals surface area contributed by atoms with E-state index in [9.17, 15) is 0 Å². The van der Waals surface area contributed by atoms with Crippen LogP contribution in [0.25, 0.3) is 0 Å². The van der Waals surface area contributed by atoms with Gasteiger partial charge in [0.2, 0.25) is 0 Å². The van der Waals surface area contributed by atoms with E-state index in [4.69, 9.17) is 15.6 Å². The Morgan fingerprint density at radius 3 is 3.18 bits per heavy atom. The van der Waals surface area contributed by atoms with E-state index in [-0.39, 0.29) is 11.8 Å². The molecule has 3 N–H and O–H groups in total. The van der Waals surface area contributed by atoms with Crippen molar-refractivity contribution in [3.63, 3.8) is 0 Å². The number of phenols is 1. The molecule has 0 bridgehead atoms. The van der Waals surface area contributed by atoms with E-state index in [1.54, 1.807) is 18.2 Å². The van der Waals surface area contributed by atoms with Crippen molar-refractivity contribution in [2.75, 3.05) is 6.61 Å². The summed E-state index contributed by atoms with van der Waals surface area (Å²) in [4.78, 5) is 0. The molecule has 1 aliphatic heterocycles. The first-order chi connectivity index (χ1) is 5.27.